The highest BCUT2D eigenvalue weighted by Gasteiger charge is 2.66. The average molecular weight is 516 g/mol. The van der Waals surface area contributed by atoms with Crippen LogP contribution in [0.4, 0.5) is 0 Å². The number of aliphatic hydroxyl groups excluding tert-OH is 1. The molecule has 6 fully saturated rings. The van der Waals surface area contributed by atoms with Gasteiger partial charge in [-0.15, -0.1) is 0 Å². The fraction of sp³-hybridized carbons (Fsp3) is 0.969. The summed E-state index contributed by atoms with van der Waals surface area (Å²) >= 11 is 0. The zero-order valence-corrected chi connectivity index (χ0v) is 24.3. The maximum Gasteiger partial charge on any atom is 0.302 e. The van der Waals surface area contributed by atoms with Crippen molar-refractivity contribution in [3.8, 4) is 0 Å². The lowest BCUT2D eigenvalue weighted by Gasteiger charge is -2.62. The van der Waals surface area contributed by atoms with E-state index in [1.807, 2.05) is 0 Å². The van der Waals surface area contributed by atoms with Crippen molar-refractivity contribution in [1.82, 2.24) is 4.90 Å². The topological polar surface area (TPSA) is 49.8 Å². The standard InChI is InChI=1S/C32H55N2O3/c1-22(35)37-29-19-23-11-12-24-25(32(23,3)21-27(29)33-15-7-5-8-16-33)13-14-31(2)26(24)20-28(30(31)36)34(4)17-9-6-10-18-34/h23-30,36H,5-21H2,1-4H3/q+1. The number of piperidine rings is 2. The molecule has 0 bridgehead atoms. The van der Waals surface area contributed by atoms with Crippen molar-refractivity contribution in [2.75, 3.05) is 33.2 Å². The van der Waals surface area contributed by atoms with Gasteiger partial charge in [0.15, 0.2) is 0 Å². The normalized spacial score (nSPS) is 50.0. The molecule has 2 saturated heterocycles. The Morgan fingerprint density at radius 3 is 2.32 bits per heavy atom. The molecule has 10 atom stereocenters. The molecule has 2 aliphatic heterocycles. The monoisotopic (exact) mass is 515 g/mol. The second-order valence-electron chi connectivity index (χ2n) is 15.2. The lowest BCUT2D eigenvalue weighted by Crippen LogP contribution is -2.61. The molecular formula is C32H55N2O3+. The van der Waals surface area contributed by atoms with Crippen molar-refractivity contribution in [3.05, 3.63) is 0 Å². The van der Waals surface area contributed by atoms with E-state index in [0.717, 1.165) is 22.7 Å². The Labute approximate surface area is 226 Å². The molecule has 0 aromatic heterocycles. The molecule has 1 N–H and O–H groups in total. The number of ether oxygens (including phenoxy) is 1. The molecule has 5 nitrogen and oxygen atoms in total. The molecule has 210 valence electrons. The number of likely N-dealkylation sites (tertiary alicyclic amines) is 2. The zero-order valence-electron chi connectivity index (χ0n) is 24.3. The largest absolute Gasteiger partial charge is 0.461 e. The summed E-state index contributed by atoms with van der Waals surface area (Å²) in [6.45, 7) is 11.6. The molecule has 4 aliphatic carbocycles. The summed E-state index contributed by atoms with van der Waals surface area (Å²) in [7, 11) is 2.46. The highest BCUT2D eigenvalue weighted by molar-refractivity contribution is 5.66. The van der Waals surface area contributed by atoms with Crippen molar-refractivity contribution in [2.45, 2.75) is 129 Å². The summed E-state index contributed by atoms with van der Waals surface area (Å²) in [5.74, 6) is 2.74. The van der Waals surface area contributed by atoms with Crippen LogP contribution in [0, 0.1) is 34.5 Å². The lowest BCUT2D eigenvalue weighted by molar-refractivity contribution is -0.940. The number of carbonyl (C=O) groups is 1. The molecule has 5 heteroatoms. The maximum absolute atomic E-state index is 12.1. The number of rotatable bonds is 3. The third-order valence-electron chi connectivity index (χ3n) is 13.4. The first-order valence-electron chi connectivity index (χ1n) is 16.1. The Morgan fingerprint density at radius 2 is 1.62 bits per heavy atom. The van der Waals surface area contributed by atoms with Gasteiger partial charge in [0.25, 0.3) is 0 Å². The van der Waals surface area contributed by atoms with E-state index >= 15 is 0 Å². The molecule has 0 radical (unpaired) electrons. The van der Waals surface area contributed by atoms with Crippen LogP contribution in [-0.4, -0.2) is 78.0 Å². The molecule has 10 unspecified atom stereocenters. The van der Waals surface area contributed by atoms with Crippen LogP contribution >= 0.6 is 0 Å². The van der Waals surface area contributed by atoms with Crippen molar-refractivity contribution in [3.63, 3.8) is 0 Å². The number of quaternary nitrogens is 1. The van der Waals surface area contributed by atoms with Gasteiger partial charge >= 0.3 is 5.97 Å². The van der Waals surface area contributed by atoms with E-state index < -0.39 is 0 Å². The number of fused-ring (bicyclic) bond motifs is 5. The van der Waals surface area contributed by atoms with Crippen LogP contribution in [0.15, 0.2) is 0 Å². The van der Waals surface area contributed by atoms with Gasteiger partial charge in [0.05, 0.1) is 20.1 Å². The van der Waals surface area contributed by atoms with Crippen molar-refractivity contribution in [1.29, 1.82) is 0 Å². The van der Waals surface area contributed by atoms with Crippen LogP contribution in [-0.2, 0) is 9.53 Å². The summed E-state index contributed by atoms with van der Waals surface area (Å²) in [4.78, 5) is 14.8. The summed E-state index contributed by atoms with van der Waals surface area (Å²) in [5, 5.41) is 11.9. The second kappa shape index (κ2) is 9.77. The van der Waals surface area contributed by atoms with E-state index in [9.17, 15) is 9.90 Å². The quantitative estimate of drug-likeness (QED) is 0.404. The molecule has 37 heavy (non-hydrogen) atoms. The third-order valence-corrected chi connectivity index (χ3v) is 13.4. The number of hydrogen-bond donors (Lipinski definition) is 1. The van der Waals surface area contributed by atoms with Gasteiger partial charge in [-0.25, -0.2) is 0 Å². The maximum atomic E-state index is 12.1. The Morgan fingerprint density at radius 1 is 0.919 bits per heavy atom. The number of aliphatic hydroxyl groups is 1. The molecule has 0 aromatic rings. The molecule has 0 amide bonds. The van der Waals surface area contributed by atoms with Gasteiger partial charge in [0.2, 0.25) is 0 Å². The third kappa shape index (κ3) is 4.32. The van der Waals surface area contributed by atoms with Gasteiger partial charge in [0, 0.05) is 24.8 Å². The van der Waals surface area contributed by atoms with Gasteiger partial charge in [-0.05, 0) is 113 Å². The van der Waals surface area contributed by atoms with E-state index in [1.54, 1.807) is 6.92 Å². The SMILES string of the molecule is CC(=O)OC1CC2CCC3C(CCC4(C)C(O)C([N+]5(C)CCCCC5)CC34)C2(C)CC1N1CCCCC1. The Bertz CT molecular complexity index is 851. The minimum absolute atomic E-state index is 0.0697. The fourth-order valence-corrected chi connectivity index (χ4v) is 11.4. The van der Waals surface area contributed by atoms with E-state index in [-0.39, 0.29) is 23.6 Å². The number of nitrogens with zero attached hydrogens (tertiary/aromatic N) is 2. The molecule has 4 saturated carbocycles. The Kier molecular flexibility index (Phi) is 7.01. The van der Waals surface area contributed by atoms with Crippen molar-refractivity contribution >= 4 is 5.97 Å². The first-order valence-corrected chi connectivity index (χ1v) is 16.1. The van der Waals surface area contributed by atoms with Crippen molar-refractivity contribution in [2.24, 2.45) is 34.5 Å². The predicted octanol–water partition coefficient (Wildman–Crippen LogP) is 5.40. The minimum Gasteiger partial charge on any atom is -0.461 e. The Hall–Kier alpha value is -0.650. The molecular weight excluding hydrogens is 460 g/mol. The van der Waals surface area contributed by atoms with Gasteiger partial charge in [0.1, 0.15) is 18.2 Å². The highest BCUT2D eigenvalue weighted by atomic mass is 16.5. The van der Waals surface area contributed by atoms with E-state index in [1.165, 1.54) is 103 Å². The molecule has 6 rings (SSSR count). The van der Waals surface area contributed by atoms with Gasteiger partial charge in [-0.3, -0.25) is 9.69 Å². The fourth-order valence-electron chi connectivity index (χ4n) is 11.4. The highest BCUT2D eigenvalue weighted by Crippen LogP contribution is 2.67. The van der Waals surface area contributed by atoms with Crippen LogP contribution in [0.3, 0.4) is 0 Å². The second-order valence-corrected chi connectivity index (χ2v) is 15.2. The van der Waals surface area contributed by atoms with Crippen molar-refractivity contribution < 1.29 is 19.1 Å². The predicted molar refractivity (Wildman–Crippen MR) is 147 cm³/mol. The van der Waals surface area contributed by atoms with Crippen LogP contribution in [0.1, 0.15) is 104 Å². The molecule has 2 heterocycles. The number of hydrogen-bond acceptors (Lipinski definition) is 4. The number of esters is 1. The van der Waals surface area contributed by atoms with Gasteiger partial charge in [-0.2, -0.15) is 0 Å². The molecule has 0 spiro atoms. The van der Waals surface area contributed by atoms with E-state index in [4.69, 9.17) is 4.74 Å². The van der Waals surface area contributed by atoms with Crippen LogP contribution in [0.2, 0.25) is 0 Å². The smallest absolute Gasteiger partial charge is 0.302 e. The van der Waals surface area contributed by atoms with E-state index in [0.29, 0.717) is 29.3 Å². The first kappa shape index (κ1) is 26.6. The first-order chi connectivity index (χ1) is 17.7. The van der Waals surface area contributed by atoms with Gasteiger partial charge in [-0.1, -0.05) is 20.3 Å². The minimum atomic E-state index is -0.145. The van der Waals surface area contributed by atoms with Crippen LogP contribution in [0.25, 0.3) is 0 Å². The average Bonchev–Trinajstić information content (AvgIpc) is 3.16. The zero-order chi connectivity index (χ0) is 26.0. The number of likely N-dealkylation sites (N-methyl/N-ethyl adjacent to an activating group) is 1. The summed E-state index contributed by atoms with van der Waals surface area (Å²) in [6, 6.07) is 0.817. The number of carbonyl (C=O) groups excluding carboxylic acids is 1. The van der Waals surface area contributed by atoms with Crippen LogP contribution in [0.5, 0.6) is 0 Å². The molecule has 6 aliphatic rings. The van der Waals surface area contributed by atoms with E-state index in [2.05, 4.69) is 25.8 Å². The lowest BCUT2D eigenvalue weighted by atomic mass is 9.44. The summed E-state index contributed by atoms with van der Waals surface area (Å²) in [5.41, 5.74) is 0.421. The summed E-state index contributed by atoms with van der Waals surface area (Å²) < 4.78 is 7.18. The Balaban J connectivity index is 1.26. The molecule has 0 aromatic carbocycles. The van der Waals surface area contributed by atoms with Gasteiger partial charge < -0.3 is 14.3 Å². The van der Waals surface area contributed by atoms with Crippen LogP contribution < -0.4 is 0 Å². The summed E-state index contributed by atoms with van der Waals surface area (Å²) in [6.07, 6.45) is 16.4.